The maximum absolute atomic E-state index is 9.77. The molecule has 0 aliphatic heterocycles. The van der Waals surface area contributed by atoms with Gasteiger partial charge in [-0.1, -0.05) is 23.7 Å². The molecule has 0 unspecified atom stereocenters. The summed E-state index contributed by atoms with van der Waals surface area (Å²) in [4.78, 5) is 1.12. The van der Waals surface area contributed by atoms with Gasteiger partial charge in [0, 0.05) is 15.3 Å². The molecule has 2 nitrogen and oxygen atoms in total. The van der Waals surface area contributed by atoms with Crippen LogP contribution in [0.25, 0.3) is 0 Å². The van der Waals surface area contributed by atoms with E-state index in [0.717, 1.165) is 14.2 Å². The van der Waals surface area contributed by atoms with Crippen molar-refractivity contribution in [2.45, 2.75) is 11.8 Å². The van der Waals surface area contributed by atoms with Gasteiger partial charge in [-0.05, 0) is 52.2 Å². The lowest BCUT2D eigenvalue weighted by Gasteiger charge is -2.30. The van der Waals surface area contributed by atoms with Crippen LogP contribution in [0.1, 0.15) is 10.4 Å². The third kappa shape index (κ3) is 3.38. The molecule has 1 heterocycles. The molecule has 19 heavy (non-hydrogen) atoms. The highest BCUT2D eigenvalue weighted by atomic mass is 79.9. The topological polar surface area (TPSA) is 40.5 Å². The summed E-state index contributed by atoms with van der Waals surface area (Å²) in [5.74, 6) is 0. The van der Waals surface area contributed by atoms with Crippen LogP contribution >= 0.6 is 38.9 Å². The van der Waals surface area contributed by atoms with Crippen molar-refractivity contribution >= 4 is 38.9 Å². The fourth-order valence-electron chi connectivity index (χ4n) is 2.03. The van der Waals surface area contributed by atoms with Crippen molar-refractivity contribution in [1.29, 1.82) is 0 Å². The summed E-state index contributed by atoms with van der Waals surface area (Å²) in [5, 5.41) is 20.2. The normalized spacial score (nSPS) is 11.8. The first kappa shape index (κ1) is 15.0. The Kier molecular flexibility index (Phi) is 5.03. The molecular formula is C14H14BrClO2S. The Bertz CT molecular complexity index is 535. The van der Waals surface area contributed by atoms with Crippen molar-refractivity contribution in [2.75, 3.05) is 13.2 Å². The van der Waals surface area contributed by atoms with Crippen LogP contribution in [0.15, 0.2) is 40.2 Å². The predicted octanol–water partition coefficient (Wildman–Crippen LogP) is 3.63. The summed E-state index contributed by atoms with van der Waals surface area (Å²) in [6, 6.07) is 11.3. The molecule has 0 saturated heterocycles. The molecule has 0 aliphatic rings. The Morgan fingerprint density at radius 1 is 1.05 bits per heavy atom. The zero-order valence-corrected chi connectivity index (χ0v) is 13.3. The zero-order valence-electron chi connectivity index (χ0n) is 10.1. The van der Waals surface area contributed by atoms with E-state index in [-0.39, 0.29) is 13.2 Å². The quantitative estimate of drug-likeness (QED) is 0.854. The number of rotatable bonds is 5. The van der Waals surface area contributed by atoms with Gasteiger partial charge in [-0.15, -0.1) is 11.3 Å². The molecule has 0 amide bonds. The fraction of sp³-hybridized carbons (Fsp3) is 0.286. The van der Waals surface area contributed by atoms with Gasteiger partial charge >= 0.3 is 0 Å². The average molecular weight is 362 g/mol. The van der Waals surface area contributed by atoms with Crippen LogP contribution in [-0.4, -0.2) is 23.4 Å². The summed E-state index contributed by atoms with van der Waals surface area (Å²) in [5.41, 5.74) is 0.223. The molecule has 2 N–H and O–H groups in total. The third-order valence-electron chi connectivity index (χ3n) is 3.20. The molecule has 2 aromatic rings. The molecule has 1 aromatic heterocycles. The lowest BCUT2D eigenvalue weighted by Crippen LogP contribution is -2.37. The van der Waals surface area contributed by atoms with E-state index in [4.69, 9.17) is 11.6 Å². The van der Waals surface area contributed by atoms with Crippen molar-refractivity contribution < 1.29 is 10.2 Å². The molecule has 2 rings (SSSR count). The van der Waals surface area contributed by atoms with E-state index < -0.39 is 5.41 Å². The molecular weight excluding hydrogens is 348 g/mol. The minimum absolute atomic E-state index is 0.110. The first-order valence-corrected chi connectivity index (χ1v) is 7.80. The standard InChI is InChI=1S/C14H14BrClO2S/c15-13-6-5-12(19-13)7-14(8-17,9-18)10-1-3-11(16)4-2-10/h1-6,17-18H,7-9H2. The number of hydrogen-bond donors (Lipinski definition) is 2. The Balaban J connectivity index is 2.33. The minimum Gasteiger partial charge on any atom is -0.395 e. The molecule has 102 valence electrons. The fourth-order valence-corrected chi connectivity index (χ4v) is 3.78. The van der Waals surface area contributed by atoms with Crippen molar-refractivity contribution in [3.05, 3.63) is 55.6 Å². The molecule has 0 radical (unpaired) electrons. The number of hydrogen-bond acceptors (Lipinski definition) is 3. The van der Waals surface area contributed by atoms with Crippen molar-refractivity contribution in [2.24, 2.45) is 0 Å². The second kappa shape index (κ2) is 6.37. The summed E-state index contributed by atoms with van der Waals surface area (Å²) < 4.78 is 1.04. The van der Waals surface area contributed by atoms with Crippen LogP contribution < -0.4 is 0 Å². The highest BCUT2D eigenvalue weighted by Crippen LogP contribution is 2.32. The van der Waals surface area contributed by atoms with Crippen LogP contribution in [0.4, 0.5) is 0 Å². The monoisotopic (exact) mass is 360 g/mol. The minimum atomic E-state index is -0.672. The molecule has 0 spiro atoms. The van der Waals surface area contributed by atoms with E-state index >= 15 is 0 Å². The van der Waals surface area contributed by atoms with Crippen molar-refractivity contribution in [1.82, 2.24) is 0 Å². The second-order valence-electron chi connectivity index (χ2n) is 4.49. The van der Waals surface area contributed by atoms with Gasteiger partial charge in [0.2, 0.25) is 0 Å². The molecule has 1 aromatic carbocycles. The third-order valence-corrected chi connectivity index (χ3v) is 5.08. The van der Waals surface area contributed by atoms with Crippen molar-refractivity contribution in [3.8, 4) is 0 Å². The number of aliphatic hydroxyl groups is 2. The van der Waals surface area contributed by atoms with Gasteiger partial charge in [-0.2, -0.15) is 0 Å². The van der Waals surface area contributed by atoms with Crippen LogP contribution in [-0.2, 0) is 11.8 Å². The Morgan fingerprint density at radius 3 is 2.16 bits per heavy atom. The van der Waals surface area contributed by atoms with E-state index in [2.05, 4.69) is 15.9 Å². The highest BCUT2D eigenvalue weighted by Gasteiger charge is 2.31. The van der Waals surface area contributed by atoms with Gasteiger partial charge in [-0.25, -0.2) is 0 Å². The van der Waals surface area contributed by atoms with Crippen LogP contribution in [0, 0.1) is 0 Å². The first-order valence-electron chi connectivity index (χ1n) is 5.81. The molecule has 0 bridgehead atoms. The van der Waals surface area contributed by atoms with Crippen LogP contribution in [0.3, 0.4) is 0 Å². The summed E-state index contributed by atoms with van der Waals surface area (Å²) in [7, 11) is 0. The maximum Gasteiger partial charge on any atom is 0.0701 e. The second-order valence-corrected chi connectivity index (χ2v) is 7.47. The van der Waals surface area contributed by atoms with E-state index in [1.54, 1.807) is 23.5 Å². The lowest BCUT2D eigenvalue weighted by molar-refractivity contribution is 0.117. The van der Waals surface area contributed by atoms with Crippen LogP contribution in [0.2, 0.25) is 5.02 Å². The first-order chi connectivity index (χ1) is 9.09. The average Bonchev–Trinajstić information content (AvgIpc) is 2.82. The predicted molar refractivity (Wildman–Crippen MR) is 83.0 cm³/mol. The molecule has 0 fully saturated rings. The number of benzene rings is 1. The molecule has 0 atom stereocenters. The van der Waals surface area contributed by atoms with E-state index in [9.17, 15) is 10.2 Å². The number of halogens is 2. The van der Waals surface area contributed by atoms with Gasteiger partial charge in [-0.3, -0.25) is 0 Å². The molecule has 5 heteroatoms. The zero-order chi connectivity index (χ0) is 13.9. The van der Waals surface area contributed by atoms with Crippen LogP contribution in [0.5, 0.6) is 0 Å². The maximum atomic E-state index is 9.77. The summed E-state index contributed by atoms with van der Waals surface area (Å²) >= 11 is 10.9. The van der Waals surface area contributed by atoms with Gasteiger partial charge in [0.1, 0.15) is 0 Å². The Labute approximate surface area is 129 Å². The van der Waals surface area contributed by atoms with Gasteiger partial charge < -0.3 is 10.2 Å². The molecule has 0 saturated carbocycles. The van der Waals surface area contributed by atoms with E-state index in [1.807, 2.05) is 24.3 Å². The summed E-state index contributed by atoms with van der Waals surface area (Å²) in [6.45, 7) is -0.221. The lowest BCUT2D eigenvalue weighted by atomic mass is 9.78. The Hall–Kier alpha value is -0.390. The van der Waals surface area contributed by atoms with Gasteiger partial charge in [0.15, 0.2) is 0 Å². The largest absolute Gasteiger partial charge is 0.395 e. The Morgan fingerprint density at radius 2 is 1.68 bits per heavy atom. The van der Waals surface area contributed by atoms with Gasteiger partial charge in [0.05, 0.1) is 17.0 Å². The van der Waals surface area contributed by atoms with E-state index in [0.29, 0.717) is 11.4 Å². The van der Waals surface area contributed by atoms with Crippen molar-refractivity contribution in [3.63, 3.8) is 0 Å². The SMILES string of the molecule is OCC(CO)(Cc1ccc(Br)s1)c1ccc(Cl)cc1. The number of thiophene rings is 1. The van der Waals surface area contributed by atoms with E-state index in [1.165, 1.54) is 0 Å². The van der Waals surface area contributed by atoms with Gasteiger partial charge in [0.25, 0.3) is 0 Å². The highest BCUT2D eigenvalue weighted by molar-refractivity contribution is 9.11. The number of aliphatic hydroxyl groups excluding tert-OH is 2. The summed E-state index contributed by atoms with van der Waals surface area (Å²) in [6.07, 6.45) is 0.595. The smallest absolute Gasteiger partial charge is 0.0701 e. The molecule has 0 aliphatic carbocycles.